The smallest absolute Gasteiger partial charge is 0.233 e. The van der Waals surface area contributed by atoms with Gasteiger partial charge in [0.2, 0.25) is 5.88 Å². The molecule has 2 saturated heterocycles. The Morgan fingerprint density at radius 3 is 2.46 bits per heavy atom. The number of rotatable bonds is 7. The monoisotopic (exact) mass is 510 g/mol. The largest absolute Gasteiger partial charge is 0.507 e. The topological polar surface area (TPSA) is 96.3 Å². The van der Waals surface area contributed by atoms with E-state index in [1.54, 1.807) is 18.2 Å². The van der Waals surface area contributed by atoms with Crippen LogP contribution < -0.4 is 15.0 Å². The summed E-state index contributed by atoms with van der Waals surface area (Å²) >= 11 is 0. The summed E-state index contributed by atoms with van der Waals surface area (Å²) in [6, 6.07) is 7.80. The molecule has 37 heavy (non-hydrogen) atoms. The van der Waals surface area contributed by atoms with Gasteiger partial charge in [-0.1, -0.05) is 0 Å². The molecule has 8 nitrogen and oxygen atoms in total. The number of hydrogen-bond acceptors (Lipinski definition) is 8. The van der Waals surface area contributed by atoms with Gasteiger partial charge in [0.05, 0.1) is 24.6 Å². The lowest BCUT2D eigenvalue weighted by molar-refractivity contribution is 0.0767. The second kappa shape index (κ2) is 9.81. The van der Waals surface area contributed by atoms with Crippen LogP contribution in [-0.2, 0) is 0 Å². The van der Waals surface area contributed by atoms with Crippen LogP contribution in [0.2, 0.25) is 0 Å². The van der Waals surface area contributed by atoms with Gasteiger partial charge in [-0.2, -0.15) is 5.10 Å². The van der Waals surface area contributed by atoms with E-state index in [9.17, 15) is 9.50 Å². The van der Waals surface area contributed by atoms with Crippen LogP contribution in [0.15, 0.2) is 36.5 Å². The molecular formula is C27H32F2N6O2. The zero-order chi connectivity index (χ0) is 26.2. The van der Waals surface area contributed by atoms with E-state index in [1.165, 1.54) is 31.9 Å². The first-order valence-electron chi connectivity index (χ1n) is 12.6. The van der Waals surface area contributed by atoms with Crippen LogP contribution >= 0.6 is 0 Å². The van der Waals surface area contributed by atoms with Crippen molar-refractivity contribution >= 4 is 5.82 Å². The number of fused-ring (bicyclic) bond motifs is 2. The Kier molecular flexibility index (Phi) is 6.70. The molecule has 1 aromatic carbocycles. The van der Waals surface area contributed by atoms with E-state index >= 15 is 4.39 Å². The van der Waals surface area contributed by atoms with Gasteiger partial charge in [0.25, 0.3) is 0 Å². The normalized spacial score (nSPS) is 25.1. The Balaban J connectivity index is 1.42. The van der Waals surface area contributed by atoms with Crippen molar-refractivity contribution < 1.29 is 18.6 Å². The SMILES string of the molecule is COc1cc(-c2cc(O)c(-c3ccc(N(CCF)[C@@H]4C[C@]5(C)CCC[C@](C)(C4)N5)nn3)c(F)c2)cnn1. The third-order valence-electron chi connectivity index (χ3n) is 7.64. The second-order valence-corrected chi connectivity index (χ2v) is 10.7. The maximum Gasteiger partial charge on any atom is 0.233 e. The number of aromatic hydroxyl groups is 1. The molecule has 10 heteroatoms. The summed E-state index contributed by atoms with van der Waals surface area (Å²) in [4.78, 5) is 1.99. The highest BCUT2D eigenvalue weighted by Crippen LogP contribution is 2.42. The maximum absolute atomic E-state index is 15.2. The molecule has 0 aliphatic carbocycles. The molecule has 4 heterocycles. The van der Waals surface area contributed by atoms with Crippen LogP contribution in [0, 0.1) is 5.82 Å². The molecule has 0 saturated carbocycles. The molecule has 5 rings (SSSR count). The average molecular weight is 511 g/mol. The van der Waals surface area contributed by atoms with Crippen molar-refractivity contribution in [3.8, 4) is 34.0 Å². The lowest BCUT2D eigenvalue weighted by Crippen LogP contribution is -2.67. The van der Waals surface area contributed by atoms with Crippen molar-refractivity contribution in [1.82, 2.24) is 25.7 Å². The van der Waals surface area contributed by atoms with Crippen LogP contribution in [-0.4, -0.2) is 63.0 Å². The molecule has 2 fully saturated rings. The fraction of sp³-hybridized carbons (Fsp3) is 0.481. The molecule has 3 aromatic rings. The number of hydrogen-bond donors (Lipinski definition) is 2. The van der Waals surface area contributed by atoms with Crippen molar-refractivity contribution in [2.24, 2.45) is 0 Å². The minimum absolute atomic E-state index is 0.00284. The number of methoxy groups -OCH3 is 1. The lowest BCUT2D eigenvalue weighted by atomic mass is 9.69. The molecule has 2 aliphatic rings. The number of benzene rings is 1. The Labute approximate surface area is 215 Å². The highest BCUT2D eigenvalue weighted by Gasteiger charge is 2.47. The molecule has 3 atom stereocenters. The number of halogens is 2. The minimum Gasteiger partial charge on any atom is -0.507 e. The Bertz CT molecular complexity index is 1240. The number of aromatic nitrogens is 4. The minimum atomic E-state index is -0.652. The van der Waals surface area contributed by atoms with Crippen LogP contribution in [0.3, 0.4) is 0 Å². The summed E-state index contributed by atoms with van der Waals surface area (Å²) in [5, 5.41) is 30.7. The summed E-state index contributed by atoms with van der Waals surface area (Å²) < 4.78 is 33.9. The quantitative estimate of drug-likeness (QED) is 0.473. The third-order valence-corrected chi connectivity index (χ3v) is 7.64. The van der Waals surface area contributed by atoms with E-state index in [0.29, 0.717) is 16.9 Å². The molecule has 0 radical (unpaired) electrons. The van der Waals surface area contributed by atoms with E-state index < -0.39 is 12.5 Å². The van der Waals surface area contributed by atoms with Gasteiger partial charge in [-0.15, -0.1) is 15.3 Å². The molecule has 0 unspecified atom stereocenters. The van der Waals surface area contributed by atoms with Crippen LogP contribution in [0.1, 0.15) is 46.0 Å². The summed E-state index contributed by atoms with van der Waals surface area (Å²) in [6.45, 7) is 4.19. The standard InChI is InChI=1S/C27H32F2N6O2/c1-26-7-4-8-27(2,34-26)15-19(14-26)35(10-9-28)23-6-5-21(31-32-23)25-20(29)11-17(12-22(25)36)18-13-24(37-3)33-30-16-18/h5-6,11-13,16,19,34,36H,4,7-10,14-15H2,1-3H3/t19-,26+,27-. The van der Waals surface area contributed by atoms with Gasteiger partial charge >= 0.3 is 0 Å². The zero-order valence-electron chi connectivity index (χ0n) is 21.3. The summed E-state index contributed by atoms with van der Waals surface area (Å²) in [6.07, 6.45) is 6.59. The Morgan fingerprint density at radius 1 is 1.08 bits per heavy atom. The summed E-state index contributed by atoms with van der Waals surface area (Å²) in [7, 11) is 1.46. The predicted molar refractivity (Wildman–Crippen MR) is 137 cm³/mol. The molecule has 2 aliphatic heterocycles. The van der Waals surface area contributed by atoms with Gasteiger partial charge in [-0.3, -0.25) is 0 Å². The summed E-state index contributed by atoms with van der Waals surface area (Å²) in [5.74, 6) is -0.105. The molecule has 196 valence electrons. The van der Waals surface area contributed by atoms with Crippen LogP contribution in [0.4, 0.5) is 14.6 Å². The van der Waals surface area contributed by atoms with E-state index in [2.05, 4.69) is 39.6 Å². The second-order valence-electron chi connectivity index (χ2n) is 10.7. The van der Waals surface area contributed by atoms with Gasteiger partial charge in [0.15, 0.2) is 5.82 Å². The highest BCUT2D eigenvalue weighted by atomic mass is 19.1. The molecule has 2 bridgehead atoms. The molecular weight excluding hydrogens is 478 g/mol. The average Bonchev–Trinajstić information content (AvgIpc) is 2.86. The van der Waals surface area contributed by atoms with Crippen LogP contribution in [0.5, 0.6) is 11.6 Å². The first-order chi connectivity index (χ1) is 17.7. The number of alkyl halides is 1. The third kappa shape index (κ3) is 5.07. The summed E-state index contributed by atoms with van der Waals surface area (Å²) in [5.41, 5.74) is 1.11. The molecule has 2 aromatic heterocycles. The van der Waals surface area contributed by atoms with Crippen molar-refractivity contribution in [1.29, 1.82) is 0 Å². The maximum atomic E-state index is 15.2. The number of nitrogens with zero attached hydrogens (tertiary/aromatic N) is 5. The highest BCUT2D eigenvalue weighted by molar-refractivity contribution is 5.75. The van der Waals surface area contributed by atoms with Crippen molar-refractivity contribution in [3.63, 3.8) is 0 Å². The Morgan fingerprint density at radius 2 is 1.84 bits per heavy atom. The van der Waals surface area contributed by atoms with Crippen molar-refractivity contribution in [3.05, 3.63) is 42.3 Å². The van der Waals surface area contributed by atoms with Gasteiger partial charge in [0, 0.05) is 35.3 Å². The van der Waals surface area contributed by atoms with Gasteiger partial charge < -0.3 is 20.1 Å². The van der Waals surface area contributed by atoms with Gasteiger partial charge in [-0.05, 0) is 75.8 Å². The first-order valence-corrected chi connectivity index (χ1v) is 12.6. The number of ether oxygens (including phenoxy) is 1. The number of piperidine rings is 2. The van der Waals surface area contributed by atoms with E-state index in [1.807, 2.05) is 4.90 Å². The van der Waals surface area contributed by atoms with Gasteiger partial charge in [0.1, 0.15) is 18.2 Å². The molecule has 2 N–H and O–H groups in total. The number of anilines is 1. The number of phenolic OH excluding ortho intramolecular Hbond substituents is 1. The first kappa shape index (κ1) is 25.3. The Hall–Kier alpha value is -3.40. The van der Waals surface area contributed by atoms with Crippen LogP contribution in [0.25, 0.3) is 22.4 Å². The lowest BCUT2D eigenvalue weighted by Gasteiger charge is -2.55. The van der Waals surface area contributed by atoms with Gasteiger partial charge in [-0.25, -0.2) is 8.78 Å². The fourth-order valence-corrected chi connectivity index (χ4v) is 6.17. The molecule has 0 amide bonds. The zero-order valence-corrected chi connectivity index (χ0v) is 21.3. The van der Waals surface area contributed by atoms with E-state index in [-0.39, 0.29) is 46.6 Å². The van der Waals surface area contributed by atoms with Crippen molar-refractivity contribution in [2.45, 2.75) is 63.1 Å². The van der Waals surface area contributed by atoms with E-state index in [4.69, 9.17) is 4.74 Å². The predicted octanol–water partition coefficient (Wildman–Crippen LogP) is 4.68. The van der Waals surface area contributed by atoms with Crippen molar-refractivity contribution in [2.75, 3.05) is 25.2 Å². The molecule has 0 spiro atoms. The number of nitrogens with one attached hydrogen (secondary N) is 1. The fourth-order valence-electron chi connectivity index (χ4n) is 6.17. The van der Waals surface area contributed by atoms with E-state index in [0.717, 1.165) is 25.7 Å². The number of phenols is 1.